The third-order valence-corrected chi connectivity index (χ3v) is 3.68. The second kappa shape index (κ2) is 5.61. The van der Waals surface area contributed by atoms with E-state index in [0.717, 1.165) is 23.5 Å². The highest BCUT2D eigenvalue weighted by molar-refractivity contribution is 9.10. The van der Waals surface area contributed by atoms with Gasteiger partial charge in [0.05, 0.1) is 11.6 Å². The zero-order valence-electron chi connectivity index (χ0n) is 8.94. The summed E-state index contributed by atoms with van der Waals surface area (Å²) in [5.41, 5.74) is 0. The van der Waals surface area contributed by atoms with Crippen LogP contribution in [0.15, 0.2) is 32.8 Å². The quantitative estimate of drug-likeness (QED) is 0.920. The molecule has 16 heavy (non-hydrogen) atoms. The first-order chi connectivity index (χ1) is 7.75. The molecule has 2 rings (SSSR count). The standard InChI is InChI=1S/C11H13BrN2OS/c1-8(11-14-4-5-16-11)6-13-7-9-2-3-10(12)15-9/h2-5,8,13H,6-7H2,1H3. The SMILES string of the molecule is CC(CNCc1ccc(Br)o1)c1nccs1. The summed E-state index contributed by atoms with van der Waals surface area (Å²) >= 11 is 4.98. The minimum Gasteiger partial charge on any atom is -0.453 e. The number of aromatic nitrogens is 1. The molecule has 2 aromatic heterocycles. The predicted octanol–water partition coefficient (Wildman–Crippen LogP) is 3.39. The van der Waals surface area contributed by atoms with Crippen molar-refractivity contribution in [1.82, 2.24) is 10.3 Å². The zero-order valence-corrected chi connectivity index (χ0v) is 11.3. The van der Waals surface area contributed by atoms with E-state index in [1.54, 1.807) is 11.3 Å². The van der Waals surface area contributed by atoms with E-state index in [2.05, 4.69) is 33.2 Å². The fourth-order valence-corrected chi connectivity index (χ4v) is 2.46. The van der Waals surface area contributed by atoms with Crippen LogP contribution in [-0.2, 0) is 6.54 Å². The number of rotatable bonds is 5. The van der Waals surface area contributed by atoms with E-state index in [1.807, 2.05) is 23.7 Å². The largest absolute Gasteiger partial charge is 0.453 e. The van der Waals surface area contributed by atoms with E-state index in [-0.39, 0.29) is 0 Å². The maximum absolute atomic E-state index is 5.40. The number of hydrogen-bond acceptors (Lipinski definition) is 4. The van der Waals surface area contributed by atoms with Crippen LogP contribution in [0.5, 0.6) is 0 Å². The second-order valence-electron chi connectivity index (χ2n) is 3.61. The molecular formula is C11H13BrN2OS. The minimum atomic E-state index is 0.443. The van der Waals surface area contributed by atoms with Gasteiger partial charge in [-0.1, -0.05) is 6.92 Å². The Kier molecular flexibility index (Phi) is 4.15. The molecule has 5 heteroatoms. The number of thiazole rings is 1. The molecule has 0 saturated heterocycles. The highest BCUT2D eigenvalue weighted by atomic mass is 79.9. The fourth-order valence-electron chi connectivity index (χ4n) is 1.42. The first-order valence-corrected chi connectivity index (χ1v) is 6.77. The lowest BCUT2D eigenvalue weighted by Gasteiger charge is -2.08. The molecule has 1 unspecified atom stereocenters. The van der Waals surface area contributed by atoms with Gasteiger partial charge in [-0.25, -0.2) is 4.98 Å². The summed E-state index contributed by atoms with van der Waals surface area (Å²) in [4.78, 5) is 4.29. The Hall–Kier alpha value is -0.650. The van der Waals surface area contributed by atoms with Crippen LogP contribution < -0.4 is 5.32 Å². The summed E-state index contributed by atoms with van der Waals surface area (Å²) in [5.74, 6) is 1.39. The summed E-state index contributed by atoms with van der Waals surface area (Å²) in [5, 5.41) is 6.54. The third-order valence-electron chi connectivity index (χ3n) is 2.25. The number of hydrogen-bond donors (Lipinski definition) is 1. The molecule has 1 N–H and O–H groups in total. The molecule has 0 aliphatic heterocycles. The second-order valence-corrected chi connectivity index (χ2v) is 5.32. The van der Waals surface area contributed by atoms with Crippen LogP contribution in [0, 0.1) is 0 Å². The van der Waals surface area contributed by atoms with Crippen molar-refractivity contribution in [2.75, 3.05) is 6.54 Å². The van der Waals surface area contributed by atoms with Crippen LogP contribution >= 0.6 is 27.3 Å². The van der Waals surface area contributed by atoms with Crippen molar-refractivity contribution in [3.05, 3.63) is 39.1 Å². The van der Waals surface area contributed by atoms with Gasteiger partial charge in [-0.3, -0.25) is 0 Å². The van der Waals surface area contributed by atoms with Gasteiger partial charge in [0.1, 0.15) is 5.76 Å². The molecule has 0 amide bonds. The zero-order chi connectivity index (χ0) is 11.4. The van der Waals surface area contributed by atoms with Crippen LogP contribution in [0.3, 0.4) is 0 Å². The highest BCUT2D eigenvalue weighted by Crippen LogP contribution is 2.17. The van der Waals surface area contributed by atoms with Gasteiger partial charge in [-0.15, -0.1) is 11.3 Å². The van der Waals surface area contributed by atoms with Crippen LogP contribution in [0.2, 0.25) is 0 Å². The van der Waals surface area contributed by atoms with Crippen LogP contribution in [0.1, 0.15) is 23.6 Å². The Morgan fingerprint density at radius 3 is 3.06 bits per heavy atom. The van der Waals surface area contributed by atoms with E-state index in [1.165, 1.54) is 5.01 Å². The Labute approximate surface area is 107 Å². The van der Waals surface area contributed by atoms with Gasteiger partial charge in [0.2, 0.25) is 0 Å². The molecule has 1 atom stereocenters. The Morgan fingerprint density at radius 2 is 2.44 bits per heavy atom. The average molecular weight is 301 g/mol. The Bertz CT molecular complexity index is 427. The topological polar surface area (TPSA) is 38.1 Å². The molecular weight excluding hydrogens is 288 g/mol. The first kappa shape index (κ1) is 11.8. The Morgan fingerprint density at radius 1 is 1.56 bits per heavy atom. The molecule has 0 aliphatic carbocycles. The summed E-state index contributed by atoms with van der Waals surface area (Å²) < 4.78 is 6.17. The van der Waals surface area contributed by atoms with E-state index in [4.69, 9.17) is 4.42 Å². The normalized spacial score (nSPS) is 12.9. The summed E-state index contributed by atoms with van der Waals surface area (Å²) in [7, 11) is 0. The minimum absolute atomic E-state index is 0.443. The number of furan rings is 1. The summed E-state index contributed by atoms with van der Waals surface area (Å²) in [6.45, 7) is 3.83. The van der Waals surface area contributed by atoms with E-state index in [9.17, 15) is 0 Å². The van der Waals surface area contributed by atoms with Gasteiger partial charge in [0.15, 0.2) is 4.67 Å². The smallest absolute Gasteiger partial charge is 0.169 e. The van der Waals surface area contributed by atoms with Gasteiger partial charge in [0.25, 0.3) is 0 Å². The maximum Gasteiger partial charge on any atom is 0.169 e. The molecule has 0 radical (unpaired) electrons. The van der Waals surface area contributed by atoms with Crippen molar-refractivity contribution in [1.29, 1.82) is 0 Å². The molecule has 0 saturated carbocycles. The lowest BCUT2D eigenvalue weighted by molar-refractivity contribution is 0.460. The van der Waals surface area contributed by atoms with Crippen LogP contribution in [-0.4, -0.2) is 11.5 Å². The van der Waals surface area contributed by atoms with E-state index < -0.39 is 0 Å². The number of nitrogens with zero attached hydrogens (tertiary/aromatic N) is 1. The lowest BCUT2D eigenvalue weighted by Crippen LogP contribution is -2.19. The molecule has 0 aliphatic rings. The molecule has 0 aromatic carbocycles. The third kappa shape index (κ3) is 3.17. The van der Waals surface area contributed by atoms with E-state index in [0.29, 0.717) is 5.92 Å². The molecule has 0 fully saturated rings. The summed E-state index contributed by atoms with van der Waals surface area (Å²) in [6.07, 6.45) is 1.85. The average Bonchev–Trinajstić information content (AvgIpc) is 2.89. The van der Waals surface area contributed by atoms with E-state index >= 15 is 0 Å². The van der Waals surface area contributed by atoms with Crippen LogP contribution in [0.4, 0.5) is 0 Å². The molecule has 86 valence electrons. The van der Waals surface area contributed by atoms with Gasteiger partial charge < -0.3 is 9.73 Å². The molecule has 3 nitrogen and oxygen atoms in total. The van der Waals surface area contributed by atoms with Gasteiger partial charge in [0, 0.05) is 24.0 Å². The Balaban J connectivity index is 1.76. The first-order valence-electron chi connectivity index (χ1n) is 5.10. The highest BCUT2D eigenvalue weighted by Gasteiger charge is 2.07. The van der Waals surface area contributed by atoms with Crippen molar-refractivity contribution < 1.29 is 4.42 Å². The van der Waals surface area contributed by atoms with Gasteiger partial charge in [-0.05, 0) is 28.1 Å². The fraction of sp³-hybridized carbons (Fsp3) is 0.364. The number of nitrogens with one attached hydrogen (secondary N) is 1. The predicted molar refractivity (Wildman–Crippen MR) is 68.6 cm³/mol. The van der Waals surface area contributed by atoms with Crippen LogP contribution in [0.25, 0.3) is 0 Å². The number of halogens is 1. The molecule has 0 bridgehead atoms. The lowest BCUT2D eigenvalue weighted by atomic mass is 10.2. The van der Waals surface area contributed by atoms with Crippen molar-refractivity contribution in [3.63, 3.8) is 0 Å². The van der Waals surface area contributed by atoms with Gasteiger partial charge in [-0.2, -0.15) is 0 Å². The van der Waals surface area contributed by atoms with Crippen molar-refractivity contribution in [2.45, 2.75) is 19.4 Å². The summed E-state index contributed by atoms with van der Waals surface area (Å²) in [6, 6.07) is 3.87. The van der Waals surface area contributed by atoms with Crippen molar-refractivity contribution in [3.8, 4) is 0 Å². The van der Waals surface area contributed by atoms with Crippen molar-refractivity contribution in [2.24, 2.45) is 0 Å². The van der Waals surface area contributed by atoms with Crippen molar-refractivity contribution >= 4 is 27.3 Å². The maximum atomic E-state index is 5.40. The molecule has 2 aromatic rings. The van der Waals surface area contributed by atoms with Gasteiger partial charge >= 0.3 is 0 Å². The monoisotopic (exact) mass is 300 g/mol. The molecule has 2 heterocycles. The molecule has 0 spiro atoms.